The third kappa shape index (κ3) is 5.89. The van der Waals surface area contributed by atoms with Crippen LogP contribution < -0.4 is 5.32 Å². The largest absolute Gasteiger partial charge is 0.507 e. The Hall–Kier alpha value is -3.34. The molecule has 0 bridgehead atoms. The van der Waals surface area contributed by atoms with Gasteiger partial charge in [0.2, 0.25) is 5.91 Å². The zero-order chi connectivity index (χ0) is 25.7. The van der Waals surface area contributed by atoms with Crippen LogP contribution in [0.3, 0.4) is 0 Å². The number of rotatable bonds is 8. The summed E-state index contributed by atoms with van der Waals surface area (Å²) < 4.78 is 7.56. The Morgan fingerprint density at radius 2 is 1.89 bits per heavy atom. The number of thioether (sulfide) groups is 1. The van der Waals surface area contributed by atoms with Crippen LogP contribution in [0, 0.1) is 0 Å². The number of phenolic OH excluding ortho intramolecular Hbond substituents is 1. The van der Waals surface area contributed by atoms with E-state index in [0.29, 0.717) is 22.2 Å². The number of para-hydroxylation sites is 1. The number of phenols is 1. The summed E-state index contributed by atoms with van der Waals surface area (Å²) in [5, 5.41) is 22.5. The van der Waals surface area contributed by atoms with E-state index in [1.807, 2.05) is 30.3 Å². The standard InChI is InChI=1S/C25H20BrClN4O4S/c1-2-35-24(34)18-13-16(9-10-20(18)27)28-22(33)14-36-25-30-29-23(19-12-15(26)8-11-21(19)32)31(25)17-6-4-3-5-7-17/h3-13,32H,2,14H2,1H3,(H,28,33). The summed E-state index contributed by atoms with van der Waals surface area (Å²) in [5.74, 6) is -0.372. The predicted octanol–water partition coefficient (Wildman–Crippen LogP) is 5.96. The van der Waals surface area contributed by atoms with Crippen molar-refractivity contribution < 1.29 is 19.4 Å². The van der Waals surface area contributed by atoms with Gasteiger partial charge in [0.1, 0.15) is 5.75 Å². The molecule has 0 aliphatic heterocycles. The maximum atomic E-state index is 12.7. The van der Waals surface area contributed by atoms with Crippen molar-refractivity contribution in [1.82, 2.24) is 14.8 Å². The van der Waals surface area contributed by atoms with Crippen LogP contribution in [0.1, 0.15) is 17.3 Å². The molecule has 2 N–H and O–H groups in total. The number of nitrogens with zero attached hydrogens (tertiary/aromatic N) is 3. The van der Waals surface area contributed by atoms with Crippen molar-refractivity contribution in [3.05, 3.63) is 81.8 Å². The number of nitrogens with one attached hydrogen (secondary N) is 1. The number of hydrogen-bond acceptors (Lipinski definition) is 7. The molecule has 0 aliphatic rings. The fraction of sp³-hybridized carbons (Fsp3) is 0.120. The van der Waals surface area contributed by atoms with Crippen LogP contribution >= 0.6 is 39.3 Å². The molecule has 4 rings (SSSR count). The molecule has 8 nitrogen and oxygen atoms in total. The highest BCUT2D eigenvalue weighted by Gasteiger charge is 2.20. The van der Waals surface area contributed by atoms with Gasteiger partial charge in [-0.2, -0.15) is 0 Å². The van der Waals surface area contributed by atoms with Gasteiger partial charge in [0.15, 0.2) is 11.0 Å². The molecule has 1 amide bonds. The van der Waals surface area contributed by atoms with Crippen molar-refractivity contribution in [2.45, 2.75) is 12.1 Å². The summed E-state index contributed by atoms with van der Waals surface area (Å²) in [6.45, 7) is 1.91. The third-order valence-electron chi connectivity index (χ3n) is 4.93. The first-order valence-corrected chi connectivity index (χ1v) is 12.9. The maximum absolute atomic E-state index is 12.7. The van der Waals surface area contributed by atoms with Crippen LogP contribution in [-0.4, -0.2) is 44.1 Å². The second kappa shape index (κ2) is 11.6. The lowest BCUT2D eigenvalue weighted by Crippen LogP contribution is -2.15. The first kappa shape index (κ1) is 25.7. The summed E-state index contributed by atoms with van der Waals surface area (Å²) in [6.07, 6.45) is 0. The van der Waals surface area contributed by atoms with Crippen LogP contribution in [0.15, 0.2) is 76.4 Å². The number of halogens is 2. The molecular formula is C25H20BrClN4O4S. The van der Waals surface area contributed by atoms with E-state index in [9.17, 15) is 14.7 Å². The van der Waals surface area contributed by atoms with Crippen molar-refractivity contribution in [1.29, 1.82) is 0 Å². The van der Waals surface area contributed by atoms with Gasteiger partial charge in [-0.3, -0.25) is 9.36 Å². The molecular weight excluding hydrogens is 568 g/mol. The molecule has 0 saturated heterocycles. The topological polar surface area (TPSA) is 106 Å². The van der Waals surface area contributed by atoms with Gasteiger partial charge in [0.25, 0.3) is 0 Å². The molecule has 0 radical (unpaired) electrons. The molecule has 11 heteroatoms. The monoisotopic (exact) mass is 586 g/mol. The number of aromatic hydroxyl groups is 1. The van der Waals surface area contributed by atoms with Gasteiger partial charge in [0.05, 0.1) is 28.5 Å². The van der Waals surface area contributed by atoms with E-state index in [0.717, 1.165) is 10.2 Å². The minimum atomic E-state index is -0.563. The van der Waals surface area contributed by atoms with Gasteiger partial charge in [-0.1, -0.05) is 57.5 Å². The highest BCUT2D eigenvalue weighted by atomic mass is 79.9. The molecule has 1 aromatic heterocycles. The lowest BCUT2D eigenvalue weighted by molar-refractivity contribution is -0.113. The Labute approximate surface area is 224 Å². The molecule has 0 saturated carbocycles. The number of ether oxygens (including phenoxy) is 1. The Balaban J connectivity index is 1.57. The second-order valence-electron chi connectivity index (χ2n) is 7.39. The molecule has 0 fully saturated rings. The molecule has 4 aromatic rings. The quantitative estimate of drug-likeness (QED) is 0.193. The molecule has 36 heavy (non-hydrogen) atoms. The Morgan fingerprint density at radius 3 is 2.64 bits per heavy atom. The average Bonchev–Trinajstić information content (AvgIpc) is 3.30. The second-order valence-corrected chi connectivity index (χ2v) is 9.66. The highest BCUT2D eigenvalue weighted by molar-refractivity contribution is 9.10. The third-order valence-corrected chi connectivity index (χ3v) is 6.68. The van der Waals surface area contributed by atoms with Crippen LogP contribution in [-0.2, 0) is 9.53 Å². The van der Waals surface area contributed by atoms with E-state index in [-0.39, 0.29) is 34.6 Å². The summed E-state index contributed by atoms with van der Waals surface area (Å²) in [6, 6.07) is 19.1. The lowest BCUT2D eigenvalue weighted by Gasteiger charge is -2.12. The number of carbonyl (C=O) groups is 2. The van der Waals surface area contributed by atoms with E-state index in [1.165, 1.54) is 23.9 Å². The Kier molecular flexibility index (Phi) is 8.29. The van der Waals surface area contributed by atoms with E-state index < -0.39 is 5.97 Å². The van der Waals surface area contributed by atoms with E-state index in [1.54, 1.807) is 35.8 Å². The number of amides is 1. The van der Waals surface area contributed by atoms with Gasteiger partial charge in [-0.25, -0.2) is 4.79 Å². The van der Waals surface area contributed by atoms with Crippen LogP contribution in [0.5, 0.6) is 5.75 Å². The molecule has 0 atom stereocenters. The molecule has 0 unspecified atom stereocenters. The first-order chi connectivity index (χ1) is 17.4. The summed E-state index contributed by atoms with van der Waals surface area (Å²) >= 11 is 10.7. The number of esters is 1. The number of aromatic nitrogens is 3. The molecule has 3 aromatic carbocycles. The van der Waals surface area contributed by atoms with Crippen molar-refractivity contribution in [3.63, 3.8) is 0 Å². The SMILES string of the molecule is CCOC(=O)c1cc(NC(=O)CSc2nnc(-c3cc(Br)ccc3O)n2-c2ccccc2)ccc1Cl. The van der Waals surface area contributed by atoms with Gasteiger partial charge in [0, 0.05) is 15.8 Å². The minimum absolute atomic E-state index is 0.0206. The van der Waals surface area contributed by atoms with Gasteiger partial charge in [-0.05, 0) is 55.5 Å². The van der Waals surface area contributed by atoms with Gasteiger partial charge in [-0.15, -0.1) is 10.2 Å². The van der Waals surface area contributed by atoms with E-state index in [4.69, 9.17) is 16.3 Å². The number of carbonyl (C=O) groups excluding carboxylic acids is 2. The minimum Gasteiger partial charge on any atom is -0.507 e. The first-order valence-electron chi connectivity index (χ1n) is 10.8. The molecule has 0 spiro atoms. The van der Waals surface area contributed by atoms with E-state index in [2.05, 4.69) is 31.4 Å². The fourth-order valence-electron chi connectivity index (χ4n) is 3.33. The Morgan fingerprint density at radius 1 is 1.11 bits per heavy atom. The highest BCUT2D eigenvalue weighted by Crippen LogP contribution is 2.34. The number of hydrogen-bond donors (Lipinski definition) is 2. The lowest BCUT2D eigenvalue weighted by atomic mass is 10.2. The molecule has 184 valence electrons. The van der Waals surface area contributed by atoms with Crippen molar-refractivity contribution in [2.75, 3.05) is 17.7 Å². The number of anilines is 1. The summed E-state index contributed by atoms with van der Waals surface area (Å²) in [5.41, 5.74) is 1.85. The number of benzene rings is 3. The Bertz CT molecular complexity index is 1410. The van der Waals surface area contributed by atoms with Gasteiger partial charge < -0.3 is 15.2 Å². The molecule has 0 aliphatic carbocycles. The smallest absolute Gasteiger partial charge is 0.339 e. The zero-order valence-corrected chi connectivity index (χ0v) is 22.1. The predicted molar refractivity (Wildman–Crippen MR) is 143 cm³/mol. The van der Waals surface area contributed by atoms with Gasteiger partial charge >= 0.3 is 5.97 Å². The van der Waals surface area contributed by atoms with Crippen LogP contribution in [0.4, 0.5) is 5.69 Å². The maximum Gasteiger partial charge on any atom is 0.339 e. The van der Waals surface area contributed by atoms with E-state index >= 15 is 0 Å². The van der Waals surface area contributed by atoms with Crippen molar-refractivity contribution in [3.8, 4) is 22.8 Å². The normalized spacial score (nSPS) is 10.8. The van der Waals surface area contributed by atoms with Crippen LogP contribution in [0.2, 0.25) is 5.02 Å². The van der Waals surface area contributed by atoms with Crippen molar-refractivity contribution >= 4 is 56.9 Å². The summed E-state index contributed by atoms with van der Waals surface area (Å²) in [7, 11) is 0. The van der Waals surface area contributed by atoms with Crippen LogP contribution in [0.25, 0.3) is 17.1 Å². The molecule has 1 heterocycles. The average molecular weight is 588 g/mol. The van der Waals surface area contributed by atoms with Crippen molar-refractivity contribution in [2.24, 2.45) is 0 Å². The summed E-state index contributed by atoms with van der Waals surface area (Å²) in [4.78, 5) is 24.8. The zero-order valence-electron chi connectivity index (χ0n) is 18.9. The fourth-order valence-corrected chi connectivity index (χ4v) is 4.64.